The molecule has 7 heteroatoms. The number of nitro groups is 1. The fourth-order valence-corrected chi connectivity index (χ4v) is 2.57. The Kier molecular flexibility index (Phi) is 4.74. The van der Waals surface area contributed by atoms with Crippen LogP contribution in [0.25, 0.3) is 10.6 Å². The molecule has 0 saturated heterocycles. The Labute approximate surface area is 127 Å². The van der Waals surface area contributed by atoms with Crippen molar-refractivity contribution in [2.45, 2.75) is 39.2 Å². The van der Waals surface area contributed by atoms with Crippen molar-refractivity contribution in [1.29, 1.82) is 0 Å². The summed E-state index contributed by atoms with van der Waals surface area (Å²) in [7, 11) is 0. The second-order valence-electron chi connectivity index (χ2n) is 5.79. The number of oxazole rings is 1. The largest absolute Gasteiger partial charge is 0.440 e. The number of hydrogen-bond donors (Lipinski definition) is 1. The van der Waals surface area contributed by atoms with Gasteiger partial charge in [0.2, 0.25) is 0 Å². The van der Waals surface area contributed by atoms with Crippen LogP contribution in [0.4, 0.5) is 5.00 Å². The molecule has 0 spiro atoms. The molecule has 2 aromatic rings. The lowest BCUT2D eigenvalue weighted by Gasteiger charge is -2.19. The Morgan fingerprint density at radius 2 is 2.19 bits per heavy atom. The number of rotatable bonds is 6. The normalized spacial score (nSPS) is 11.8. The summed E-state index contributed by atoms with van der Waals surface area (Å²) in [4.78, 5) is 15.2. The summed E-state index contributed by atoms with van der Waals surface area (Å²) >= 11 is 1.09. The van der Waals surface area contributed by atoms with Crippen LogP contribution in [0.1, 0.15) is 33.1 Å². The number of thiophene rings is 1. The van der Waals surface area contributed by atoms with E-state index in [0.717, 1.165) is 35.6 Å². The van der Waals surface area contributed by atoms with Gasteiger partial charge in [0.15, 0.2) is 11.7 Å². The highest BCUT2D eigenvalue weighted by atomic mass is 32.1. The van der Waals surface area contributed by atoms with E-state index in [1.54, 1.807) is 12.3 Å². The van der Waals surface area contributed by atoms with Gasteiger partial charge in [-0.2, -0.15) is 0 Å². The second-order valence-corrected chi connectivity index (χ2v) is 6.86. The average Bonchev–Trinajstić information content (AvgIpc) is 3.02. The molecular weight excluding hydrogens is 290 g/mol. The summed E-state index contributed by atoms with van der Waals surface area (Å²) in [6, 6.07) is 3.17. The zero-order valence-electron chi connectivity index (χ0n) is 12.4. The summed E-state index contributed by atoms with van der Waals surface area (Å²) in [6.07, 6.45) is 3.31. The Bertz CT molecular complexity index is 613. The maximum atomic E-state index is 10.7. The fraction of sp³-hybridized carbons (Fsp3) is 0.500. The number of nitrogens with zero attached hydrogens (tertiary/aromatic N) is 2. The van der Waals surface area contributed by atoms with Gasteiger partial charge in [-0.25, -0.2) is 4.98 Å². The molecule has 2 rings (SSSR count). The Hall–Kier alpha value is -1.73. The predicted molar refractivity (Wildman–Crippen MR) is 82.5 cm³/mol. The van der Waals surface area contributed by atoms with E-state index in [2.05, 4.69) is 31.1 Å². The van der Waals surface area contributed by atoms with Crippen LogP contribution >= 0.6 is 11.3 Å². The van der Waals surface area contributed by atoms with Crippen molar-refractivity contribution in [2.75, 3.05) is 6.54 Å². The van der Waals surface area contributed by atoms with Gasteiger partial charge in [0.1, 0.15) is 0 Å². The van der Waals surface area contributed by atoms with Crippen molar-refractivity contribution in [2.24, 2.45) is 0 Å². The quantitative estimate of drug-likeness (QED) is 0.500. The SMILES string of the molecule is CC(C)(C)NCCCc1ncc(-c2ccc([N+](=O)[O-])s2)o1. The molecule has 0 amide bonds. The Balaban J connectivity index is 1.90. The molecule has 6 nitrogen and oxygen atoms in total. The molecule has 21 heavy (non-hydrogen) atoms. The molecule has 0 fully saturated rings. The third-order valence-electron chi connectivity index (χ3n) is 2.79. The molecule has 0 aliphatic heterocycles. The van der Waals surface area contributed by atoms with Gasteiger partial charge < -0.3 is 9.73 Å². The van der Waals surface area contributed by atoms with Crippen molar-refractivity contribution < 1.29 is 9.34 Å². The standard InChI is InChI=1S/C14H19N3O3S/c1-14(2,3)16-8-4-5-12-15-9-10(20-12)11-6-7-13(21-11)17(18)19/h6-7,9,16H,4-5,8H2,1-3H3. The maximum Gasteiger partial charge on any atom is 0.324 e. The van der Waals surface area contributed by atoms with Crippen molar-refractivity contribution >= 4 is 16.3 Å². The fourth-order valence-electron chi connectivity index (χ4n) is 1.80. The third-order valence-corrected chi connectivity index (χ3v) is 3.84. The lowest BCUT2D eigenvalue weighted by Crippen LogP contribution is -2.36. The average molecular weight is 309 g/mol. The summed E-state index contributed by atoms with van der Waals surface area (Å²) in [5, 5.41) is 14.2. The van der Waals surface area contributed by atoms with Crippen molar-refractivity contribution in [3.05, 3.63) is 34.3 Å². The van der Waals surface area contributed by atoms with Crippen LogP contribution in [0, 0.1) is 10.1 Å². The summed E-state index contributed by atoms with van der Waals surface area (Å²) in [5.74, 6) is 1.25. The monoisotopic (exact) mass is 309 g/mol. The van der Waals surface area contributed by atoms with E-state index in [-0.39, 0.29) is 10.5 Å². The minimum Gasteiger partial charge on any atom is -0.440 e. The van der Waals surface area contributed by atoms with Crippen molar-refractivity contribution in [3.63, 3.8) is 0 Å². The first-order chi connectivity index (χ1) is 9.85. The Morgan fingerprint density at radius 1 is 1.43 bits per heavy atom. The van der Waals surface area contributed by atoms with E-state index in [9.17, 15) is 10.1 Å². The van der Waals surface area contributed by atoms with Crippen LogP contribution in [0.2, 0.25) is 0 Å². The van der Waals surface area contributed by atoms with E-state index >= 15 is 0 Å². The first kappa shape index (κ1) is 15.7. The molecule has 2 heterocycles. The summed E-state index contributed by atoms with van der Waals surface area (Å²) in [6.45, 7) is 7.27. The van der Waals surface area contributed by atoms with Crippen molar-refractivity contribution in [3.8, 4) is 10.6 Å². The Morgan fingerprint density at radius 3 is 2.81 bits per heavy atom. The number of hydrogen-bond acceptors (Lipinski definition) is 6. The zero-order chi connectivity index (χ0) is 15.5. The molecule has 0 saturated carbocycles. The summed E-state index contributed by atoms with van der Waals surface area (Å²) < 4.78 is 5.64. The zero-order valence-corrected chi connectivity index (χ0v) is 13.2. The van der Waals surface area contributed by atoms with E-state index in [1.165, 1.54) is 6.07 Å². The van der Waals surface area contributed by atoms with Gasteiger partial charge in [-0.3, -0.25) is 10.1 Å². The van der Waals surface area contributed by atoms with E-state index < -0.39 is 4.92 Å². The molecular formula is C14H19N3O3S. The lowest BCUT2D eigenvalue weighted by molar-refractivity contribution is -0.380. The predicted octanol–water partition coefficient (Wildman–Crippen LogP) is 3.63. The van der Waals surface area contributed by atoms with Gasteiger partial charge in [-0.15, -0.1) is 0 Å². The maximum absolute atomic E-state index is 10.7. The van der Waals surface area contributed by atoms with Crippen molar-refractivity contribution in [1.82, 2.24) is 10.3 Å². The molecule has 0 atom stereocenters. The van der Waals surface area contributed by atoms with Gasteiger partial charge in [0, 0.05) is 18.0 Å². The van der Waals surface area contributed by atoms with Gasteiger partial charge in [0.05, 0.1) is 16.0 Å². The minimum atomic E-state index is -0.399. The molecule has 0 bridgehead atoms. The summed E-state index contributed by atoms with van der Waals surface area (Å²) in [5.41, 5.74) is 0.109. The number of aromatic nitrogens is 1. The van der Waals surface area contributed by atoms with Crippen LogP contribution < -0.4 is 5.32 Å². The van der Waals surface area contributed by atoms with Crippen LogP contribution in [0.15, 0.2) is 22.7 Å². The molecule has 0 aliphatic rings. The molecule has 0 radical (unpaired) electrons. The molecule has 0 aliphatic carbocycles. The molecule has 0 unspecified atom stereocenters. The molecule has 2 aromatic heterocycles. The van der Waals surface area contributed by atoms with E-state index in [1.807, 2.05) is 0 Å². The van der Waals surface area contributed by atoms with Crippen LogP contribution in [-0.4, -0.2) is 22.0 Å². The minimum absolute atomic E-state index is 0.109. The first-order valence-electron chi connectivity index (χ1n) is 6.79. The van der Waals surface area contributed by atoms with Crippen LogP contribution in [0.3, 0.4) is 0 Å². The highest BCUT2D eigenvalue weighted by molar-refractivity contribution is 7.18. The van der Waals surface area contributed by atoms with Crippen LogP contribution in [0.5, 0.6) is 0 Å². The van der Waals surface area contributed by atoms with Crippen LogP contribution in [-0.2, 0) is 6.42 Å². The lowest BCUT2D eigenvalue weighted by atomic mass is 10.1. The highest BCUT2D eigenvalue weighted by Gasteiger charge is 2.14. The smallest absolute Gasteiger partial charge is 0.324 e. The van der Waals surface area contributed by atoms with Gasteiger partial charge in [-0.05, 0) is 39.8 Å². The number of nitrogens with one attached hydrogen (secondary N) is 1. The molecule has 1 N–H and O–H groups in total. The third kappa shape index (κ3) is 4.64. The van der Waals surface area contributed by atoms with E-state index in [0.29, 0.717) is 11.7 Å². The second kappa shape index (κ2) is 6.36. The topological polar surface area (TPSA) is 81.2 Å². The molecule has 0 aromatic carbocycles. The van der Waals surface area contributed by atoms with Gasteiger partial charge in [0.25, 0.3) is 0 Å². The van der Waals surface area contributed by atoms with Gasteiger partial charge >= 0.3 is 5.00 Å². The van der Waals surface area contributed by atoms with Gasteiger partial charge in [-0.1, -0.05) is 11.3 Å². The highest BCUT2D eigenvalue weighted by Crippen LogP contribution is 2.32. The first-order valence-corrected chi connectivity index (χ1v) is 7.61. The molecule has 114 valence electrons. The van der Waals surface area contributed by atoms with E-state index in [4.69, 9.17) is 4.42 Å². The number of aryl methyl sites for hydroxylation is 1.